The van der Waals surface area contributed by atoms with Gasteiger partial charge in [0.05, 0.1) is 35.0 Å². The van der Waals surface area contributed by atoms with Gasteiger partial charge in [-0.2, -0.15) is 5.10 Å². The minimum Gasteiger partial charge on any atom is -0.382 e. The number of hydrogen-bond acceptors (Lipinski definition) is 6. The fraction of sp³-hybridized carbons (Fsp3) is 0.207. The van der Waals surface area contributed by atoms with E-state index in [2.05, 4.69) is 31.0 Å². The van der Waals surface area contributed by atoms with Crippen LogP contribution in [0.2, 0.25) is 0 Å². The van der Waals surface area contributed by atoms with Crippen LogP contribution in [0, 0.1) is 5.82 Å². The highest BCUT2D eigenvalue weighted by Crippen LogP contribution is 2.28. The molecule has 5 rings (SSSR count). The van der Waals surface area contributed by atoms with Crippen LogP contribution in [0.15, 0.2) is 78.0 Å². The molecule has 9 nitrogen and oxygen atoms in total. The molecule has 2 aromatic heterocycles. The number of pyridine rings is 1. The summed E-state index contributed by atoms with van der Waals surface area (Å²) in [6.45, 7) is 6.09. The number of amides is 2. The molecule has 10 heteroatoms. The molecule has 198 valence electrons. The summed E-state index contributed by atoms with van der Waals surface area (Å²) in [6, 6.07) is 18.2. The van der Waals surface area contributed by atoms with Gasteiger partial charge in [0, 0.05) is 29.8 Å². The number of nitrogens with one attached hydrogen (secondary N) is 3. The second-order valence-electron chi connectivity index (χ2n) is 9.33. The number of hydrogen-bond donors (Lipinski definition) is 3. The summed E-state index contributed by atoms with van der Waals surface area (Å²) >= 11 is 0. The van der Waals surface area contributed by atoms with Gasteiger partial charge in [0.1, 0.15) is 11.4 Å². The lowest BCUT2D eigenvalue weighted by molar-refractivity contribution is -0.117. The van der Waals surface area contributed by atoms with Gasteiger partial charge in [0.15, 0.2) is 5.82 Å². The summed E-state index contributed by atoms with van der Waals surface area (Å²) in [5.74, 6) is -1.73. The van der Waals surface area contributed by atoms with Gasteiger partial charge in [-0.3, -0.25) is 14.3 Å². The summed E-state index contributed by atoms with van der Waals surface area (Å²) in [5, 5.41) is 12.9. The van der Waals surface area contributed by atoms with Crippen molar-refractivity contribution in [1.82, 2.24) is 20.1 Å². The van der Waals surface area contributed by atoms with Crippen LogP contribution in [0.25, 0.3) is 11.4 Å². The maximum absolute atomic E-state index is 15.2. The topological polar surface area (TPSA) is 113 Å². The van der Waals surface area contributed by atoms with Crippen LogP contribution in [-0.4, -0.2) is 44.5 Å². The molecule has 3 heterocycles. The highest BCUT2D eigenvalue weighted by atomic mass is 19.1. The Morgan fingerprint density at radius 2 is 1.85 bits per heavy atom. The van der Waals surface area contributed by atoms with Gasteiger partial charge < -0.3 is 16.0 Å². The zero-order valence-corrected chi connectivity index (χ0v) is 21.8. The van der Waals surface area contributed by atoms with E-state index in [1.807, 2.05) is 69.3 Å². The highest BCUT2D eigenvalue weighted by Gasteiger charge is 2.30. The summed E-state index contributed by atoms with van der Waals surface area (Å²) in [5.41, 5.74) is 3.48. The first kappa shape index (κ1) is 25.8. The second-order valence-corrected chi connectivity index (χ2v) is 9.33. The first-order valence-electron chi connectivity index (χ1n) is 12.7. The Balaban J connectivity index is 1.51. The van der Waals surface area contributed by atoms with Gasteiger partial charge in [-0.1, -0.05) is 48.5 Å². The van der Waals surface area contributed by atoms with E-state index in [4.69, 9.17) is 0 Å². The average Bonchev–Trinajstić information content (AvgIpc) is 3.29. The van der Waals surface area contributed by atoms with Crippen LogP contribution < -0.4 is 16.0 Å². The lowest BCUT2D eigenvalue weighted by atomic mass is 10.0. The molecule has 3 N–H and O–H groups in total. The molecule has 0 radical (unpaired) electrons. The fourth-order valence-corrected chi connectivity index (χ4v) is 4.45. The number of nitrogens with zero attached hydrogens (tertiary/aromatic N) is 4. The predicted molar refractivity (Wildman–Crippen MR) is 148 cm³/mol. The first-order valence-corrected chi connectivity index (χ1v) is 12.7. The molecule has 2 amide bonds. The Morgan fingerprint density at radius 3 is 2.56 bits per heavy atom. The Kier molecular flexibility index (Phi) is 7.18. The second kappa shape index (κ2) is 10.9. The van der Waals surface area contributed by atoms with Crippen molar-refractivity contribution in [3.8, 4) is 11.4 Å². The van der Waals surface area contributed by atoms with Crippen LogP contribution >= 0.6 is 0 Å². The average molecular weight is 526 g/mol. The Labute approximate surface area is 225 Å². The number of benzene rings is 2. The number of benzodiazepines with no additional fused rings is 1. The molecule has 1 aliphatic rings. The van der Waals surface area contributed by atoms with E-state index in [0.29, 0.717) is 23.6 Å². The zero-order valence-electron chi connectivity index (χ0n) is 21.8. The molecule has 0 spiro atoms. The predicted octanol–water partition coefficient (Wildman–Crippen LogP) is 4.47. The molecule has 0 bridgehead atoms. The molecule has 4 aromatic rings. The van der Waals surface area contributed by atoms with Gasteiger partial charge in [-0.15, -0.1) is 0 Å². The summed E-state index contributed by atoms with van der Waals surface area (Å²) in [4.78, 5) is 35.7. The van der Waals surface area contributed by atoms with E-state index in [9.17, 15) is 9.59 Å². The van der Waals surface area contributed by atoms with E-state index in [0.717, 1.165) is 11.1 Å². The third kappa shape index (κ3) is 5.26. The van der Waals surface area contributed by atoms with Crippen molar-refractivity contribution in [1.29, 1.82) is 0 Å². The third-order valence-corrected chi connectivity index (χ3v) is 6.17. The molecule has 0 fully saturated rings. The SMILES string of the molecule is CCn1ncc(C(=O)N[C@H]2N=C(c3ccccc3)c3ccccc3NC2=O)c1-c1ncc(NC(C)C)cc1F. The number of aromatic nitrogens is 3. The van der Waals surface area contributed by atoms with Gasteiger partial charge in [-0.25, -0.2) is 14.4 Å². The number of rotatable bonds is 7. The monoisotopic (exact) mass is 525 g/mol. The molecule has 1 atom stereocenters. The Morgan fingerprint density at radius 1 is 1.10 bits per heavy atom. The zero-order chi connectivity index (χ0) is 27.5. The highest BCUT2D eigenvalue weighted by molar-refractivity contribution is 6.20. The molecule has 1 aliphatic heterocycles. The lowest BCUT2D eigenvalue weighted by Crippen LogP contribution is -2.42. The number of fused-ring (bicyclic) bond motifs is 1. The quantitative estimate of drug-likeness (QED) is 0.330. The summed E-state index contributed by atoms with van der Waals surface area (Å²) < 4.78 is 16.7. The van der Waals surface area contributed by atoms with Gasteiger partial charge in [-0.05, 0) is 26.8 Å². The number of anilines is 2. The molecule has 0 aliphatic carbocycles. The number of aryl methyl sites for hydroxylation is 1. The van der Waals surface area contributed by atoms with E-state index >= 15 is 4.39 Å². The maximum Gasteiger partial charge on any atom is 0.269 e. The van der Waals surface area contributed by atoms with Gasteiger partial charge in [0.2, 0.25) is 6.17 Å². The van der Waals surface area contributed by atoms with Crippen LogP contribution in [0.3, 0.4) is 0 Å². The standard InChI is InChI=1S/C29H28FN7O2/c1-4-37-26(25-22(30)14-19(15-31-25)33-17(2)3)21(16-32-37)28(38)36-27-29(39)34-23-13-9-8-12-20(23)24(35-27)18-10-6-5-7-11-18/h5-17,27,33H,4H2,1-3H3,(H,34,39)(H,36,38)/t27-/m1/s1. The van der Waals surface area contributed by atoms with Crippen molar-refractivity contribution in [2.75, 3.05) is 10.6 Å². The molecule has 39 heavy (non-hydrogen) atoms. The smallest absolute Gasteiger partial charge is 0.269 e. The molecular weight excluding hydrogens is 497 g/mol. The molecule has 0 unspecified atom stereocenters. The van der Waals surface area contributed by atoms with Crippen molar-refractivity contribution in [2.45, 2.75) is 39.5 Å². The molecular formula is C29H28FN7O2. The number of carbonyl (C=O) groups is 2. The van der Waals surface area contributed by atoms with Crippen LogP contribution in [0.4, 0.5) is 15.8 Å². The van der Waals surface area contributed by atoms with Crippen molar-refractivity contribution in [3.05, 3.63) is 95.6 Å². The maximum atomic E-state index is 15.2. The van der Waals surface area contributed by atoms with Crippen molar-refractivity contribution in [2.24, 2.45) is 4.99 Å². The Bertz CT molecular complexity index is 1560. The number of para-hydroxylation sites is 1. The molecule has 2 aromatic carbocycles. The van der Waals surface area contributed by atoms with Crippen molar-refractivity contribution >= 4 is 28.9 Å². The largest absolute Gasteiger partial charge is 0.382 e. The van der Waals surface area contributed by atoms with E-state index in [1.54, 1.807) is 6.07 Å². The number of halogens is 1. The van der Waals surface area contributed by atoms with E-state index in [1.165, 1.54) is 23.1 Å². The summed E-state index contributed by atoms with van der Waals surface area (Å²) in [6.07, 6.45) is 1.62. The normalized spacial score (nSPS) is 14.7. The summed E-state index contributed by atoms with van der Waals surface area (Å²) in [7, 11) is 0. The minimum atomic E-state index is -1.24. The fourth-order valence-electron chi connectivity index (χ4n) is 4.45. The van der Waals surface area contributed by atoms with Crippen LogP contribution in [0.1, 0.15) is 42.3 Å². The lowest BCUT2D eigenvalue weighted by Gasteiger charge is -2.15. The first-order chi connectivity index (χ1) is 18.9. The Hall–Kier alpha value is -4.86. The van der Waals surface area contributed by atoms with Crippen LogP contribution in [0.5, 0.6) is 0 Å². The van der Waals surface area contributed by atoms with Crippen molar-refractivity contribution in [3.63, 3.8) is 0 Å². The third-order valence-electron chi connectivity index (χ3n) is 6.17. The van der Waals surface area contributed by atoms with Crippen molar-refractivity contribution < 1.29 is 14.0 Å². The molecule has 0 saturated heterocycles. The molecule has 0 saturated carbocycles. The van der Waals surface area contributed by atoms with Gasteiger partial charge >= 0.3 is 0 Å². The minimum absolute atomic E-state index is 0.0139. The van der Waals surface area contributed by atoms with Gasteiger partial charge in [0.25, 0.3) is 11.8 Å². The van der Waals surface area contributed by atoms with Crippen LogP contribution in [-0.2, 0) is 11.3 Å². The number of carbonyl (C=O) groups excluding carboxylic acids is 2. The van der Waals surface area contributed by atoms with E-state index < -0.39 is 23.8 Å². The van der Waals surface area contributed by atoms with E-state index in [-0.39, 0.29) is 23.0 Å². The number of aliphatic imine (C=N–C) groups is 1.